The predicted molar refractivity (Wildman–Crippen MR) is 116 cm³/mol. The first kappa shape index (κ1) is 20.9. The lowest BCUT2D eigenvalue weighted by Crippen LogP contribution is -2.46. The molecule has 3 nitrogen and oxygen atoms in total. The molecule has 0 saturated carbocycles. The zero-order valence-electron chi connectivity index (χ0n) is 17.9. The number of hydrogen-bond donors (Lipinski definition) is 1. The quantitative estimate of drug-likeness (QED) is 0.621. The molecular weight excluding hydrogens is 346 g/mol. The number of methoxy groups -OCH3 is 1. The first-order chi connectivity index (χ1) is 13.5. The maximum atomic E-state index is 6.18. The van der Waals surface area contributed by atoms with Crippen LogP contribution in [0.1, 0.15) is 56.2 Å². The van der Waals surface area contributed by atoms with E-state index in [1.165, 1.54) is 16.7 Å². The van der Waals surface area contributed by atoms with Crippen molar-refractivity contribution >= 4 is 0 Å². The molecule has 1 saturated heterocycles. The molecule has 3 heteroatoms. The average Bonchev–Trinajstić information content (AvgIpc) is 2.72. The largest absolute Gasteiger partial charge is 0.497 e. The first-order valence-corrected chi connectivity index (χ1v) is 10.5. The molecule has 2 aromatic rings. The van der Waals surface area contributed by atoms with E-state index in [1.54, 1.807) is 7.11 Å². The summed E-state index contributed by atoms with van der Waals surface area (Å²) in [5.74, 6) is 0.906. The van der Waals surface area contributed by atoms with Crippen LogP contribution in [0.3, 0.4) is 0 Å². The second-order valence-corrected chi connectivity index (χ2v) is 8.50. The van der Waals surface area contributed by atoms with Gasteiger partial charge in [0.2, 0.25) is 0 Å². The van der Waals surface area contributed by atoms with Gasteiger partial charge in [-0.1, -0.05) is 48.9 Å². The van der Waals surface area contributed by atoms with Crippen LogP contribution in [0.2, 0.25) is 0 Å². The molecule has 0 bridgehead atoms. The molecule has 1 aliphatic heterocycles. The van der Waals surface area contributed by atoms with E-state index in [0.717, 1.165) is 51.1 Å². The van der Waals surface area contributed by atoms with E-state index >= 15 is 0 Å². The third-order valence-electron chi connectivity index (χ3n) is 6.42. The van der Waals surface area contributed by atoms with E-state index in [-0.39, 0.29) is 11.0 Å². The fourth-order valence-corrected chi connectivity index (χ4v) is 4.39. The minimum Gasteiger partial charge on any atom is -0.497 e. The second kappa shape index (κ2) is 9.11. The average molecular weight is 382 g/mol. The van der Waals surface area contributed by atoms with Crippen LogP contribution in [0.5, 0.6) is 5.75 Å². The number of benzene rings is 2. The molecular formula is C25H35NO2. The van der Waals surface area contributed by atoms with Crippen LogP contribution in [-0.2, 0) is 16.7 Å². The third-order valence-corrected chi connectivity index (χ3v) is 6.42. The minimum atomic E-state index is -0.0287. The van der Waals surface area contributed by atoms with Crippen molar-refractivity contribution in [3.05, 3.63) is 65.2 Å². The fraction of sp³-hybridized carbons (Fsp3) is 0.520. The van der Waals surface area contributed by atoms with Gasteiger partial charge in [-0.2, -0.15) is 0 Å². The van der Waals surface area contributed by atoms with E-state index < -0.39 is 0 Å². The summed E-state index contributed by atoms with van der Waals surface area (Å²) in [5.41, 5.74) is 4.23. The molecule has 1 heterocycles. The summed E-state index contributed by atoms with van der Waals surface area (Å²) in [6, 6.07) is 17.5. The Morgan fingerprint density at radius 1 is 1.07 bits per heavy atom. The number of rotatable bonds is 8. The topological polar surface area (TPSA) is 30.5 Å². The molecule has 28 heavy (non-hydrogen) atoms. The summed E-state index contributed by atoms with van der Waals surface area (Å²) >= 11 is 0. The van der Waals surface area contributed by atoms with Gasteiger partial charge in [0.05, 0.1) is 12.7 Å². The Labute approximate surface area is 170 Å². The van der Waals surface area contributed by atoms with Crippen molar-refractivity contribution < 1.29 is 9.47 Å². The summed E-state index contributed by atoms with van der Waals surface area (Å²) in [7, 11) is 1.70. The molecule has 2 atom stereocenters. The lowest BCUT2D eigenvalue weighted by atomic mass is 9.66. The highest BCUT2D eigenvalue weighted by Crippen LogP contribution is 2.45. The molecule has 1 N–H and O–H groups in total. The minimum absolute atomic E-state index is 0.0287. The number of hydrogen-bond acceptors (Lipinski definition) is 3. The van der Waals surface area contributed by atoms with Crippen molar-refractivity contribution in [2.75, 3.05) is 20.3 Å². The van der Waals surface area contributed by atoms with Crippen molar-refractivity contribution in [2.45, 2.75) is 64.0 Å². The summed E-state index contributed by atoms with van der Waals surface area (Å²) in [5, 5.41) is 3.66. The molecule has 152 valence electrons. The van der Waals surface area contributed by atoms with Gasteiger partial charge in [-0.15, -0.1) is 0 Å². The molecule has 0 radical (unpaired) electrons. The van der Waals surface area contributed by atoms with Crippen LogP contribution in [0.4, 0.5) is 0 Å². The second-order valence-electron chi connectivity index (χ2n) is 8.50. The van der Waals surface area contributed by atoms with E-state index in [0.29, 0.717) is 0 Å². The van der Waals surface area contributed by atoms with Crippen LogP contribution in [0, 0.1) is 6.92 Å². The van der Waals surface area contributed by atoms with Gasteiger partial charge < -0.3 is 14.8 Å². The van der Waals surface area contributed by atoms with Gasteiger partial charge in [-0.05, 0) is 69.3 Å². The standard InChI is InChI=1S/C25H35NO2/c1-5-24(3)19-25(15-17-28-24,22-10-6-20(2)7-11-22)14-16-26-18-21-8-12-23(27-4)13-9-21/h6-13,26H,5,14-19H2,1-4H3/t24-,25-/m1/s1. The van der Waals surface area contributed by atoms with Gasteiger partial charge in [-0.3, -0.25) is 0 Å². The van der Waals surface area contributed by atoms with Crippen LogP contribution in [0.25, 0.3) is 0 Å². The fourth-order valence-electron chi connectivity index (χ4n) is 4.39. The summed E-state index contributed by atoms with van der Waals surface area (Å²) < 4.78 is 11.4. The Hall–Kier alpha value is -1.84. The highest BCUT2D eigenvalue weighted by molar-refractivity contribution is 5.30. The Bertz CT molecular complexity index is 740. The van der Waals surface area contributed by atoms with Crippen LogP contribution in [-0.4, -0.2) is 25.9 Å². The van der Waals surface area contributed by atoms with E-state index in [9.17, 15) is 0 Å². The zero-order valence-corrected chi connectivity index (χ0v) is 17.9. The lowest BCUT2D eigenvalue weighted by Gasteiger charge is -2.47. The third kappa shape index (κ3) is 4.95. The molecule has 2 aromatic carbocycles. The van der Waals surface area contributed by atoms with Gasteiger partial charge in [0.1, 0.15) is 5.75 Å². The van der Waals surface area contributed by atoms with Crippen molar-refractivity contribution in [2.24, 2.45) is 0 Å². The summed E-state index contributed by atoms with van der Waals surface area (Å²) in [6.45, 7) is 9.41. The van der Waals surface area contributed by atoms with Gasteiger partial charge >= 0.3 is 0 Å². The van der Waals surface area contributed by atoms with Gasteiger partial charge in [0.15, 0.2) is 0 Å². The zero-order chi connectivity index (χ0) is 20.0. The molecule has 3 rings (SSSR count). The Kier molecular flexibility index (Phi) is 6.79. The van der Waals surface area contributed by atoms with E-state index in [1.807, 2.05) is 12.1 Å². The van der Waals surface area contributed by atoms with E-state index in [2.05, 4.69) is 62.5 Å². The maximum absolute atomic E-state index is 6.18. The Morgan fingerprint density at radius 3 is 2.43 bits per heavy atom. The van der Waals surface area contributed by atoms with Gasteiger partial charge in [-0.25, -0.2) is 0 Å². The lowest BCUT2D eigenvalue weighted by molar-refractivity contribution is -0.0979. The van der Waals surface area contributed by atoms with Crippen LogP contribution >= 0.6 is 0 Å². The SMILES string of the molecule is CC[C@]1(C)C[C@](CCNCc2ccc(OC)cc2)(c2ccc(C)cc2)CCO1. The predicted octanol–water partition coefficient (Wildman–Crippen LogP) is 5.40. The Balaban J connectivity index is 1.68. The number of aryl methyl sites for hydroxylation is 1. The van der Waals surface area contributed by atoms with Crippen molar-refractivity contribution in [3.8, 4) is 5.75 Å². The first-order valence-electron chi connectivity index (χ1n) is 10.5. The molecule has 0 amide bonds. The van der Waals surface area contributed by atoms with Crippen molar-refractivity contribution in [3.63, 3.8) is 0 Å². The van der Waals surface area contributed by atoms with Gasteiger partial charge in [0, 0.05) is 18.6 Å². The normalized spacial score (nSPS) is 24.9. The maximum Gasteiger partial charge on any atom is 0.118 e. The highest BCUT2D eigenvalue weighted by atomic mass is 16.5. The van der Waals surface area contributed by atoms with Crippen molar-refractivity contribution in [1.29, 1.82) is 0 Å². The molecule has 0 aromatic heterocycles. The molecule has 1 fully saturated rings. The number of ether oxygens (including phenoxy) is 2. The molecule has 1 aliphatic rings. The Morgan fingerprint density at radius 2 is 1.79 bits per heavy atom. The van der Waals surface area contributed by atoms with E-state index in [4.69, 9.17) is 9.47 Å². The summed E-state index contributed by atoms with van der Waals surface area (Å²) in [4.78, 5) is 0. The smallest absolute Gasteiger partial charge is 0.118 e. The molecule has 0 aliphatic carbocycles. The molecule has 0 unspecified atom stereocenters. The van der Waals surface area contributed by atoms with Crippen molar-refractivity contribution in [1.82, 2.24) is 5.32 Å². The highest BCUT2D eigenvalue weighted by Gasteiger charge is 2.43. The number of nitrogens with one attached hydrogen (secondary N) is 1. The molecule has 0 spiro atoms. The summed E-state index contributed by atoms with van der Waals surface area (Å²) in [6.07, 6.45) is 4.37. The monoisotopic (exact) mass is 381 g/mol. The van der Waals surface area contributed by atoms with Crippen LogP contribution < -0.4 is 10.1 Å². The van der Waals surface area contributed by atoms with Gasteiger partial charge in [0.25, 0.3) is 0 Å². The van der Waals surface area contributed by atoms with Crippen LogP contribution in [0.15, 0.2) is 48.5 Å².